The van der Waals surface area contributed by atoms with E-state index in [1.807, 2.05) is 26.0 Å². The van der Waals surface area contributed by atoms with Gasteiger partial charge in [0.2, 0.25) is 0 Å². The first kappa shape index (κ1) is 13.1. The number of carbonyl (C=O) groups excluding carboxylic acids is 1. The predicted octanol–water partition coefficient (Wildman–Crippen LogP) is 1.64. The van der Waals surface area contributed by atoms with Crippen molar-refractivity contribution in [2.24, 2.45) is 0 Å². The molecule has 0 saturated carbocycles. The molecule has 1 unspecified atom stereocenters. The largest absolute Gasteiger partial charge is 0.491 e. The molecular weight excluding hydrogens is 230 g/mol. The van der Waals surface area contributed by atoms with Crippen LogP contribution in [0.5, 0.6) is 5.75 Å². The molecule has 4 nitrogen and oxygen atoms in total. The molecular formula is C14H19NO3. The standard InChI is InChI=1S/C14H19NO3/c1-10(2)18-12-5-3-11(4-6-12)14(16)13-9-17-8-7-15-13/h3-6,10,13,15H,7-9H2,1-2H3. The number of ketones is 1. The van der Waals surface area contributed by atoms with Gasteiger partial charge in [-0.15, -0.1) is 0 Å². The second-order valence-electron chi connectivity index (χ2n) is 4.64. The van der Waals surface area contributed by atoms with Crippen molar-refractivity contribution in [3.8, 4) is 5.75 Å². The Balaban J connectivity index is 2.02. The van der Waals surface area contributed by atoms with Crippen molar-refractivity contribution < 1.29 is 14.3 Å². The summed E-state index contributed by atoms with van der Waals surface area (Å²) in [6.45, 7) is 5.80. The zero-order valence-corrected chi connectivity index (χ0v) is 10.8. The summed E-state index contributed by atoms with van der Waals surface area (Å²) in [5.41, 5.74) is 0.689. The molecule has 0 spiro atoms. The van der Waals surface area contributed by atoms with Crippen LogP contribution in [0, 0.1) is 0 Å². The number of morpholine rings is 1. The first-order chi connectivity index (χ1) is 8.66. The highest BCUT2D eigenvalue weighted by Gasteiger charge is 2.22. The van der Waals surface area contributed by atoms with Gasteiger partial charge in [0.15, 0.2) is 5.78 Å². The SMILES string of the molecule is CC(C)Oc1ccc(C(=O)C2COCCN2)cc1. The molecule has 0 bridgehead atoms. The Morgan fingerprint density at radius 2 is 2.11 bits per heavy atom. The monoisotopic (exact) mass is 249 g/mol. The van der Waals surface area contributed by atoms with Gasteiger partial charge in [0.1, 0.15) is 5.75 Å². The van der Waals surface area contributed by atoms with E-state index in [4.69, 9.17) is 9.47 Å². The molecule has 0 aliphatic carbocycles. The topological polar surface area (TPSA) is 47.6 Å². The van der Waals surface area contributed by atoms with E-state index in [0.717, 1.165) is 12.3 Å². The lowest BCUT2D eigenvalue weighted by molar-refractivity contribution is 0.0607. The summed E-state index contributed by atoms with van der Waals surface area (Å²) in [7, 11) is 0. The molecule has 4 heteroatoms. The van der Waals surface area contributed by atoms with E-state index in [1.54, 1.807) is 12.1 Å². The zero-order valence-electron chi connectivity index (χ0n) is 10.8. The molecule has 1 aromatic carbocycles. The minimum atomic E-state index is -0.226. The highest BCUT2D eigenvalue weighted by molar-refractivity contribution is 6.00. The quantitative estimate of drug-likeness (QED) is 0.824. The fourth-order valence-corrected chi connectivity index (χ4v) is 1.90. The summed E-state index contributed by atoms with van der Waals surface area (Å²) in [6, 6.07) is 7.04. The van der Waals surface area contributed by atoms with E-state index in [-0.39, 0.29) is 17.9 Å². The minimum absolute atomic E-state index is 0.0748. The van der Waals surface area contributed by atoms with Gasteiger partial charge in [-0.2, -0.15) is 0 Å². The lowest BCUT2D eigenvalue weighted by Gasteiger charge is -2.22. The number of nitrogens with one attached hydrogen (secondary N) is 1. The second kappa shape index (κ2) is 5.98. The van der Waals surface area contributed by atoms with Crippen LogP contribution in [0.15, 0.2) is 24.3 Å². The van der Waals surface area contributed by atoms with Crippen LogP contribution in [-0.2, 0) is 4.74 Å². The smallest absolute Gasteiger partial charge is 0.182 e. The Morgan fingerprint density at radius 1 is 1.39 bits per heavy atom. The summed E-state index contributed by atoms with van der Waals surface area (Å²) < 4.78 is 10.8. The van der Waals surface area contributed by atoms with E-state index >= 15 is 0 Å². The average molecular weight is 249 g/mol. The Labute approximate surface area is 107 Å². The van der Waals surface area contributed by atoms with Crippen LogP contribution in [0.3, 0.4) is 0 Å². The number of hydrogen-bond acceptors (Lipinski definition) is 4. The molecule has 18 heavy (non-hydrogen) atoms. The molecule has 1 atom stereocenters. The Morgan fingerprint density at radius 3 is 2.67 bits per heavy atom. The van der Waals surface area contributed by atoms with Crippen LogP contribution >= 0.6 is 0 Å². The number of ether oxygens (including phenoxy) is 2. The van der Waals surface area contributed by atoms with Crippen LogP contribution < -0.4 is 10.1 Å². The van der Waals surface area contributed by atoms with Gasteiger partial charge in [-0.25, -0.2) is 0 Å². The van der Waals surface area contributed by atoms with Crippen molar-refractivity contribution >= 4 is 5.78 Å². The summed E-state index contributed by atoms with van der Waals surface area (Å²) >= 11 is 0. The fraction of sp³-hybridized carbons (Fsp3) is 0.500. The summed E-state index contributed by atoms with van der Waals surface area (Å²) in [5, 5.41) is 3.16. The lowest BCUT2D eigenvalue weighted by Crippen LogP contribution is -2.46. The maximum absolute atomic E-state index is 12.1. The second-order valence-corrected chi connectivity index (χ2v) is 4.64. The van der Waals surface area contributed by atoms with Gasteiger partial charge >= 0.3 is 0 Å². The summed E-state index contributed by atoms with van der Waals surface area (Å²) in [6.07, 6.45) is 0.139. The molecule has 1 aliphatic heterocycles. The van der Waals surface area contributed by atoms with Crippen molar-refractivity contribution in [2.45, 2.75) is 26.0 Å². The summed E-state index contributed by atoms with van der Waals surface area (Å²) in [4.78, 5) is 12.1. The maximum Gasteiger partial charge on any atom is 0.182 e. The lowest BCUT2D eigenvalue weighted by atomic mass is 10.0. The third-order valence-corrected chi connectivity index (χ3v) is 2.75. The van der Waals surface area contributed by atoms with Crippen molar-refractivity contribution in [3.63, 3.8) is 0 Å². The molecule has 1 N–H and O–H groups in total. The Kier molecular flexibility index (Phi) is 4.33. The van der Waals surface area contributed by atoms with Crippen LogP contribution in [0.4, 0.5) is 0 Å². The normalized spacial score (nSPS) is 19.8. The van der Waals surface area contributed by atoms with Crippen LogP contribution in [-0.4, -0.2) is 37.7 Å². The van der Waals surface area contributed by atoms with Gasteiger partial charge in [0, 0.05) is 12.1 Å². The zero-order chi connectivity index (χ0) is 13.0. The van der Waals surface area contributed by atoms with Gasteiger partial charge in [0.25, 0.3) is 0 Å². The molecule has 1 heterocycles. The molecule has 1 fully saturated rings. The Bertz CT molecular complexity index is 394. The van der Waals surface area contributed by atoms with Gasteiger partial charge in [-0.1, -0.05) is 0 Å². The molecule has 0 aromatic heterocycles. The van der Waals surface area contributed by atoms with Gasteiger partial charge < -0.3 is 14.8 Å². The van der Waals surface area contributed by atoms with Crippen LogP contribution in [0.2, 0.25) is 0 Å². The first-order valence-corrected chi connectivity index (χ1v) is 6.29. The highest BCUT2D eigenvalue weighted by Crippen LogP contribution is 2.15. The van der Waals surface area contributed by atoms with Gasteiger partial charge in [0.05, 0.1) is 25.4 Å². The van der Waals surface area contributed by atoms with E-state index in [1.165, 1.54) is 0 Å². The predicted molar refractivity (Wildman–Crippen MR) is 69.1 cm³/mol. The maximum atomic E-state index is 12.1. The van der Waals surface area contributed by atoms with Crippen LogP contribution in [0.25, 0.3) is 0 Å². The molecule has 1 saturated heterocycles. The number of hydrogen-bond donors (Lipinski definition) is 1. The molecule has 1 aromatic rings. The minimum Gasteiger partial charge on any atom is -0.491 e. The molecule has 0 radical (unpaired) electrons. The fourth-order valence-electron chi connectivity index (χ4n) is 1.90. The first-order valence-electron chi connectivity index (χ1n) is 6.29. The molecule has 98 valence electrons. The van der Waals surface area contributed by atoms with Crippen LogP contribution in [0.1, 0.15) is 24.2 Å². The van der Waals surface area contributed by atoms with E-state index in [0.29, 0.717) is 18.8 Å². The number of carbonyl (C=O) groups is 1. The Hall–Kier alpha value is -1.39. The van der Waals surface area contributed by atoms with E-state index in [9.17, 15) is 4.79 Å². The van der Waals surface area contributed by atoms with Crippen molar-refractivity contribution in [2.75, 3.05) is 19.8 Å². The van der Waals surface area contributed by atoms with Gasteiger partial charge in [-0.05, 0) is 38.1 Å². The molecule has 2 rings (SSSR count). The van der Waals surface area contributed by atoms with E-state index in [2.05, 4.69) is 5.32 Å². The van der Waals surface area contributed by atoms with Crippen molar-refractivity contribution in [3.05, 3.63) is 29.8 Å². The average Bonchev–Trinajstić information content (AvgIpc) is 2.39. The third kappa shape index (κ3) is 3.31. The third-order valence-electron chi connectivity index (χ3n) is 2.75. The number of benzene rings is 1. The molecule has 1 aliphatic rings. The van der Waals surface area contributed by atoms with Crippen molar-refractivity contribution in [1.29, 1.82) is 0 Å². The van der Waals surface area contributed by atoms with Gasteiger partial charge in [-0.3, -0.25) is 4.79 Å². The van der Waals surface area contributed by atoms with Crippen molar-refractivity contribution in [1.82, 2.24) is 5.32 Å². The number of Topliss-reactive ketones (excluding diaryl/α,β-unsaturated/α-hetero) is 1. The molecule has 0 amide bonds. The highest BCUT2D eigenvalue weighted by atomic mass is 16.5. The van der Waals surface area contributed by atoms with E-state index < -0.39 is 0 Å². The summed E-state index contributed by atoms with van der Waals surface area (Å²) in [5.74, 6) is 0.861. The number of rotatable bonds is 4.